The van der Waals surface area contributed by atoms with Crippen molar-refractivity contribution in [2.24, 2.45) is 0 Å². The van der Waals surface area contributed by atoms with Crippen molar-refractivity contribution in [2.45, 2.75) is 32.7 Å². The second-order valence-electron chi connectivity index (χ2n) is 4.26. The van der Waals surface area contributed by atoms with E-state index in [1.807, 2.05) is 11.5 Å². The van der Waals surface area contributed by atoms with Crippen molar-refractivity contribution in [1.82, 2.24) is 4.57 Å². The van der Waals surface area contributed by atoms with E-state index in [4.69, 9.17) is 0 Å². The monoisotopic (exact) mass is 257 g/mol. The first-order valence-corrected chi connectivity index (χ1v) is 5.73. The summed E-state index contributed by atoms with van der Waals surface area (Å²) in [4.78, 5) is 0. The molecule has 0 bridgehead atoms. The number of hydrogen-bond donors (Lipinski definition) is 1. The van der Waals surface area contributed by atoms with E-state index in [2.05, 4.69) is 0 Å². The first-order chi connectivity index (χ1) is 8.34. The van der Waals surface area contributed by atoms with Crippen molar-refractivity contribution in [3.63, 3.8) is 0 Å². The normalized spacial score (nSPS) is 14.1. The lowest BCUT2D eigenvalue weighted by atomic mass is 10.1. The fraction of sp³-hybridized carbons (Fsp3) is 0.385. The van der Waals surface area contributed by atoms with E-state index >= 15 is 0 Å². The van der Waals surface area contributed by atoms with Gasteiger partial charge < -0.3 is 9.67 Å². The lowest BCUT2D eigenvalue weighted by Gasteiger charge is -2.10. The molecule has 1 heterocycles. The second kappa shape index (κ2) is 4.31. The molecule has 0 amide bonds. The van der Waals surface area contributed by atoms with Gasteiger partial charge in [-0.1, -0.05) is 0 Å². The Morgan fingerprint density at radius 2 is 1.94 bits per heavy atom. The number of nitrogens with zero attached hydrogens (tertiary/aromatic N) is 1. The van der Waals surface area contributed by atoms with Gasteiger partial charge in [0.1, 0.15) is 0 Å². The molecule has 1 unspecified atom stereocenters. The molecule has 0 saturated heterocycles. The average molecular weight is 257 g/mol. The molecule has 2 aromatic rings. The maximum atomic E-state index is 12.6. The van der Waals surface area contributed by atoms with Crippen LogP contribution in [0.2, 0.25) is 0 Å². The molecule has 0 spiro atoms. The van der Waals surface area contributed by atoms with Gasteiger partial charge in [-0.2, -0.15) is 13.2 Å². The molecule has 1 atom stereocenters. The Kier molecular flexibility index (Phi) is 3.11. The number of aliphatic hydroxyl groups excluding tert-OH is 1. The van der Waals surface area contributed by atoms with E-state index in [0.29, 0.717) is 23.1 Å². The highest BCUT2D eigenvalue weighted by molar-refractivity contribution is 5.82. The van der Waals surface area contributed by atoms with E-state index in [1.165, 1.54) is 6.07 Å². The third kappa shape index (κ3) is 2.10. The summed E-state index contributed by atoms with van der Waals surface area (Å²) in [5.74, 6) is 0. The Hall–Kier alpha value is -1.49. The van der Waals surface area contributed by atoms with E-state index in [-0.39, 0.29) is 0 Å². The van der Waals surface area contributed by atoms with Crippen molar-refractivity contribution in [2.75, 3.05) is 0 Å². The number of hydrogen-bond acceptors (Lipinski definition) is 1. The Balaban J connectivity index is 2.66. The number of halogens is 3. The van der Waals surface area contributed by atoms with Gasteiger partial charge in [0.2, 0.25) is 0 Å². The minimum atomic E-state index is -4.34. The summed E-state index contributed by atoms with van der Waals surface area (Å²) in [6.07, 6.45) is -5.04. The number of aromatic nitrogens is 1. The molecule has 18 heavy (non-hydrogen) atoms. The molecule has 98 valence electrons. The molecule has 0 saturated carbocycles. The molecule has 0 radical (unpaired) electrons. The van der Waals surface area contributed by atoms with Crippen LogP contribution in [0.1, 0.15) is 31.2 Å². The van der Waals surface area contributed by atoms with Crippen LogP contribution in [0.4, 0.5) is 13.2 Å². The number of fused-ring (bicyclic) bond motifs is 1. The third-order valence-electron chi connectivity index (χ3n) is 3.00. The first-order valence-electron chi connectivity index (χ1n) is 5.73. The maximum Gasteiger partial charge on any atom is 0.416 e. The van der Waals surface area contributed by atoms with Crippen molar-refractivity contribution in [3.8, 4) is 0 Å². The van der Waals surface area contributed by atoms with Gasteiger partial charge in [-0.05, 0) is 38.1 Å². The first kappa shape index (κ1) is 13.0. The van der Waals surface area contributed by atoms with Crippen molar-refractivity contribution in [3.05, 3.63) is 35.5 Å². The van der Waals surface area contributed by atoms with Gasteiger partial charge in [0.15, 0.2) is 0 Å². The van der Waals surface area contributed by atoms with Crippen molar-refractivity contribution < 1.29 is 18.3 Å². The van der Waals surface area contributed by atoms with E-state index in [1.54, 1.807) is 13.0 Å². The van der Waals surface area contributed by atoms with Crippen LogP contribution in [-0.4, -0.2) is 9.67 Å². The van der Waals surface area contributed by atoms with Gasteiger partial charge in [-0.3, -0.25) is 0 Å². The lowest BCUT2D eigenvalue weighted by molar-refractivity contribution is -0.137. The largest absolute Gasteiger partial charge is 0.416 e. The minimum Gasteiger partial charge on any atom is -0.387 e. The molecule has 0 aliphatic heterocycles. The number of alkyl halides is 3. The van der Waals surface area contributed by atoms with Crippen molar-refractivity contribution >= 4 is 10.9 Å². The molecular formula is C13H14F3NO. The molecule has 0 aliphatic rings. The fourth-order valence-electron chi connectivity index (χ4n) is 2.17. The number of rotatable bonds is 2. The average Bonchev–Trinajstić information content (AvgIpc) is 2.65. The summed E-state index contributed by atoms with van der Waals surface area (Å²) in [7, 11) is 0. The smallest absolute Gasteiger partial charge is 0.387 e. The summed E-state index contributed by atoms with van der Waals surface area (Å²) in [6.45, 7) is 4.10. The minimum absolute atomic E-state index is 0.502. The standard InChI is InChI=1S/C13H14F3NO/c1-3-17-11-5-4-10(13(14,15)16)6-9(11)7-12(17)8(2)18/h4-8,18H,3H2,1-2H3. The zero-order valence-electron chi connectivity index (χ0n) is 10.1. The third-order valence-corrected chi connectivity index (χ3v) is 3.00. The zero-order chi connectivity index (χ0) is 13.5. The van der Waals surface area contributed by atoms with Gasteiger partial charge in [-0.25, -0.2) is 0 Å². The van der Waals surface area contributed by atoms with E-state index in [0.717, 1.165) is 12.1 Å². The molecule has 0 fully saturated rings. The summed E-state index contributed by atoms with van der Waals surface area (Å²) >= 11 is 0. The Morgan fingerprint density at radius 1 is 1.28 bits per heavy atom. The highest BCUT2D eigenvalue weighted by Crippen LogP contribution is 2.33. The van der Waals surface area contributed by atoms with Crippen LogP contribution in [0.15, 0.2) is 24.3 Å². The van der Waals surface area contributed by atoms with Crippen LogP contribution in [-0.2, 0) is 12.7 Å². The zero-order valence-corrected chi connectivity index (χ0v) is 10.1. The molecule has 1 aromatic heterocycles. The van der Waals surface area contributed by atoms with Crippen LogP contribution in [0, 0.1) is 0 Å². The van der Waals surface area contributed by atoms with E-state index < -0.39 is 17.8 Å². The quantitative estimate of drug-likeness (QED) is 0.871. The molecule has 5 heteroatoms. The molecule has 1 N–H and O–H groups in total. The topological polar surface area (TPSA) is 25.2 Å². The Labute approximate surface area is 103 Å². The molecule has 2 rings (SSSR count). The van der Waals surface area contributed by atoms with Crippen LogP contribution in [0.5, 0.6) is 0 Å². The van der Waals surface area contributed by atoms with Gasteiger partial charge >= 0.3 is 6.18 Å². The SMILES string of the molecule is CCn1c(C(C)O)cc2cc(C(F)(F)F)ccc21. The van der Waals surface area contributed by atoms with Crippen LogP contribution >= 0.6 is 0 Å². The van der Waals surface area contributed by atoms with Gasteiger partial charge in [-0.15, -0.1) is 0 Å². The molecule has 0 aliphatic carbocycles. The van der Waals surface area contributed by atoms with Gasteiger partial charge in [0, 0.05) is 23.1 Å². The summed E-state index contributed by atoms with van der Waals surface area (Å²) < 4.78 is 39.6. The van der Waals surface area contributed by atoms with Crippen LogP contribution in [0.3, 0.4) is 0 Å². The van der Waals surface area contributed by atoms with Crippen LogP contribution in [0.25, 0.3) is 10.9 Å². The highest BCUT2D eigenvalue weighted by atomic mass is 19.4. The maximum absolute atomic E-state index is 12.6. The van der Waals surface area contributed by atoms with Crippen LogP contribution < -0.4 is 0 Å². The summed E-state index contributed by atoms with van der Waals surface area (Å²) in [6, 6.07) is 5.25. The molecule has 2 nitrogen and oxygen atoms in total. The Morgan fingerprint density at radius 3 is 2.44 bits per heavy atom. The van der Waals surface area contributed by atoms with Gasteiger partial charge in [0.25, 0.3) is 0 Å². The predicted octanol–water partition coefficient (Wildman–Crippen LogP) is 3.73. The Bertz CT molecular complexity index is 569. The molecule has 1 aromatic carbocycles. The van der Waals surface area contributed by atoms with Gasteiger partial charge in [0.05, 0.1) is 11.7 Å². The predicted molar refractivity (Wildman–Crippen MR) is 63.2 cm³/mol. The second-order valence-corrected chi connectivity index (χ2v) is 4.26. The number of benzene rings is 1. The highest BCUT2D eigenvalue weighted by Gasteiger charge is 2.30. The number of aryl methyl sites for hydroxylation is 1. The lowest BCUT2D eigenvalue weighted by Crippen LogP contribution is -2.05. The fourth-order valence-corrected chi connectivity index (χ4v) is 2.17. The van der Waals surface area contributed by atoms with Crippen molar-refractivity contribution in [1.29, 1.82) is 0 Å². The summed E-state index contributed by atoms with van der Waals surface area (Å²) in [5.41, 5.74) is 0.675. The molecular weight excluding hydrogens is 243 g/mol. The summed E-state index contributed by atoms with van der Waals surface area (Å²) in [5, 5.41) is 10.1. The van der Waals surface area contributed by atoms with E-state index in [9.17, 15) is 18.3 Å². The number of aliphatic hydroxyl groups is 1.